The van der Waals surface area contributed by atoms with E-state index in [1.54, 1.807) is 119 Å². The number of rotatable bonds is 11. The molecule has 5 unspecified atom stereocenters. The first-order valence-corrected chi connectivity index (χ1v) is 24.0. The van der Waals surface area contributed by atoms with E-state index in [-0.39, 0.29) is 5.41 Å². The molecule has 1 saturated heterocycles. The van der Waals surface area contributed by atoms with Gasteiger partial charge in [-0.05, 0) is 215 Å². The minimum absolute atomic E-state index is 0.0479. The van der Waals surface area contributed by atoms with Gasteiger partial charge in [0.15, 0.2) is 0 Å². The van der Waals surface area contributed by atoms with Crippen LogP contribution in [0.15, 0.2) is 54.6 Å². The zero-order valence-corrected chi connectivity index (χ0v) is 34.3. The molecule has 2 heteroatoms. The van der Waals surface area contributed by atoms with Crippen molar-refractivity contribution in [2.45, 2.75) is 108 Å². The molecule has 12 aromatic rings. The molecule has 60 heavy (non-hydrogen) atoms. The van der Waals surface area contributed by atoms with Crippen LogP contribution in [0.3, 0.4) is 0 Å². The topological polar surface area (TPSA) is 23.5 Å². The number of aromatic hydroxyl groups is 1. The lowest BCUT2D eigenvalue weighted by atomic mass is 9.58. The highest BCUT2D eigenvalue weighted by Crippen LogP contribution is 2.71. The molecule has 18 rings (SSSR count). The van der Waals surface area contributed by atoms with Crippen molar-refractivity contribution >= 4 is 119 Å². The standard InChI is InChI=1S/C58H45NO/c1-2-3-4-5-6-7-8-9-10-11-36-58-23-31-21-29-19-26-16-25-17-28-18-27-20-30-22-34(35(58)24-59(36)32-12-14-33(60)15-13-32)44-49-40(30)39(27)46-41(28)45-37(25)38(26)47-42(29)48-43(31)57(58)56(44)55-53(48)51(47)50(45)52(46)54(49)55/h12-19,21,30,35-36,40,60H,2-11,20,22-24H2,1H3. The Labute approximate surface area is 347 Å². The highest BCUT2D eigenvalue weighted by atomic mass is 16.3. The van der Waals surface area contributed by atoms with E-state index in [2.05, 4.69) is 54.3 Å². The Balaban J connectivity index is 0.979. The molecule has 1 aliphatic heterocycles. The number of fused-ring (bicyclic) bond motifs is 1. The molecule has 288 valence electrons. The predicted molar refractivity (Wildman–Crippen MR) is 252 cm³/mol. The predicted octanol–water partition coefficient (Wildman–Crippen LogP) is 14.1. The number of nitrogens with zero attached hydrogens (tertiary/aromatic N) is 1. The van der Waals surface area contributed by atoms with Crippen LogP contribution in [0.1, 0.15) is 111 Å². The number of unbranched alkanes of at least 4 members (excludes halogenated alkanes) is 8. The Bertz CT molecular complexity index is 3940. The van der Waals surface area contributed by atoms with Gasteiger partial charge in [-0.1, -0.05) is 82.4 Å². The third kappa shape index (κ3) is 2.83. The van der Waals surface area contributed by atoms with Crippen molar-refractivity contribution in [3.63, 3.8) is 0 Å². The molecule has 0 aromatic heterocycles. The molecule has 1 N–H and O–H groups in total. The van der Waals surface area contributed by atoms with Crippen molar-refractivity contribution in [3.8, 4) is 5.75 Å². The lowest BCUT2D eigenvalue weighted by molar-refractivity contribution is 0.317. The summed E-state index contributed by atoms with van der Waals surface area (Å²) in [6, 6.07) is 22.0. The minimum atomic E-state index is 0.0479. The van der Waals surface area contributed by atoms with Crippen molar-refractivity contribution < 1.29 is 5.11 Å². The van der Waals surface area contributed by atoms with Crippen LogP contribution in [-0.2, 0) is 18.3 Å². The van der Waals surface area contributed by atoms with E-state index in [1.165, 1.54) is 104 Å². The normalized spacial score (nSPS) is 24.9. The second-order valence-electron chi connectivity index (χ2n) is 21.4. The summed E-state index contributed by atoms with van der Waals surface area (Å²) in [6.07, 6.45) is 17.2. The summed E-state index contributed by atoms with van der Waals surface area (Å²) < 4.78 is 0. The van der Waals surface area contributed by atoms with Crippen LogP contribution < -0.4 is 10.1 Å². The zero-order valence-electron chi connectivity index (χ0n) is 34.3. The lowest BCUT2D eigenvalue weighted by Crippen LogP contribution is -2.48. The van der Waals surface area contributed by atoms with E-state index in [9.17, 15) is 5.11 Å². The van der Waals surface area contributed by atoms with Crippen LogP contribution in [0.5, 0.6) is 5.75 Å². The summed E-state index contributed by atoms with van der Waals surface area (Å²) in [5.74, 6) is 2.06. The van der Waals surface area contributed by atoms with Crippen LogP contribution in [-0.4, -0.2) is 17.7 Å². The van der Waals surface area contributed by atoms with Gasteiger partial charge < -0.3 is 10.0 Å². The molecule has 0 radical (unpaired) electrons. The minimum Gasteiger partial charge on any atom is -0.508 e. The molecule has 0 amide bonds. The molecule has 1 heterocycles. The van der Waals surface area contributed by atoms with Crippen molar-refractivity contribution in [1.82, 2.24) is 0 Å². The van der Waals surface area contributed by atoms with Gasteiger partial charge in [0.1, 0.15) is 5.75 Å². The fourth-order valence-electron chi connectivity index (χ4n) is 17.7. The van der Waals surface area contributed by atoms with Crippen LogP contribution in [0.25, 0.3) is 113 Å². The number of hydrogen-bond donors (Lipinski definition) is 1. The van der Waals surface area contributed by atoms with E-state index in [1.807, 2.05) is 17.7 Å². The SMILES string of the molecule is CCCCCCCCCCCC1N(c2ccc(O)cc2)CC2C3=c4c5c6c7c4c4c8c(cc9cc%10cc%11cc%12cc%13c(c%14c%12c%12c%11c%10c%10c9c8c7c%10c%12c%146)C5C(C3)C%13)CC421. The average molecular weight is 772 g/mol. The number of anilines is 1. The number of hydrogen-bond acceptors (Lipinski definition) is 2. The highest BCUT2D eigenvalue weighted by Gasteiger charge is 2.63. The monoisotopic (exact) mass is 771 g/mol. The van der Waals surface area contributed by atoms with Gasteiger partial charge in [-0.15, -0.1) is 0 Å². The Morgan fingerprint density at radius 1 is 0.567 bits per heavy atom. The quantitative estimate of drug-likeness (QED) is 0.105. The van der Waals surface area contributed by atoms with Gasteiger partial charge in [0.25, 0.3) is 0 Å². The maximum atomic E-state index is 10.6. The number of benzene rings is 8. The summed E-state index contributed by atoms with van der Waals surface area (Å²) in [5.41, 5.74) is 11.8. The van der Waals surface area contributed by atoms with Gasteiger partial charge in [-0.25, -0.2) is 0 Å². The van der Waals surface area contributed by atoms with E-state index in [4.69, 9.17) is 0 Å². The second kappa shape index (κ2) is 9.42. The van der Waals surface area contributed by atoms with Crippen molar-refractivity contribution in [2.24, 2.45) is 11.8 Å². The molecular weight excluding hydrogens is 727 g/mol. The van der Waals surface area contributed by atoms with Gasteiger partial charge in [-0.2, -0.15) is 0 Å². The summed E-state index contributed by atoms with van der Waals surface area (Å²) >= 11 is 0. The van der Waals surface area contributed by atoms with Crippen molar-refractivity contribution in [1.29, 1.82) is 0 Å². The fourth-order valence-corrected chi connectivity index (χ4v) is 17.7. The maximum absolute atomic E-state index is 10.6. The smallest absolute Gasteiger partial charge is 0.115 e. The molecule has 0 bridgehead atoms. The zero-order chi connectivity index (χ0) is 38.4. The Morgan fingerprint density at radius 3 is 1.87 bits per heavy atom. The molecule has 0 saturated carbocycles. The molecular formula is C58H45NO. The summed E-state index contributed by atoms with van der Waals surface area (Å²) in [6.45, 7) is 3.42. The van der Waals surface area contributed by atoms with E-state index in [0.717, 1.165) is 13.0 Å². The lowest BCUT2D eigenvalue weighted by Gasteiger charge is -2.44. The Hall–Kier alpha value is -5.34. The molecule has 6 aliphatic rings. The second-order valence-corrected chi connectivity index (χ2v) is 21.4. The molecule has 5 atom stereocenters. The molecule has 1 spiro atoms. The highest BCUT2D eigenvalue weighted by molar-refractivity contribution is 6.62. The number of phenolic OH excluding ortho intramolecular Hbond substituents is 1. The fraction of sp³-hybridized carbons (Fsp3) is 0.345. The van der Waals surface area contributed by atoms with Crippen LogP contribution in [0.2, 0.25) is 0 Å². The molecule has 12 aromatic carbocycles. The number of phenols is 1. The molecule has 5 aliphatic carbocycles. The summed E-state index contributed by atoms with van der Waals surface area (Å²) in [7, 11) is 0. The van der Waals surface area contributed by atoms with E-state index < -0.39 is 0 Å². The first-order chi connectivity index (χ1) is 29.7. The Morgan fingerprint density at radius 2 is 1.13 bits per heavy atom. The third-order valence-electron chi connectivity index (χ3n) is 19.2. The largest absolute Gasteiger partial charge is 0.508 e. The first-order valence-electron chi connectivity index (χ1n) is 24.0. The summed E-state index contributed by atoms with van der Waals surface area (Å²) in [5, 5.41) is 44.5. The van der Waals surface area contributed by atoms with E-state index >= 15 is 0 Å². The van der Waals surface area contributed by atoms with Gasteiger partial charge >= 0.3 is 0 Å². The Kier molecular flexibility index (Phi) is 4.81. The van der Waals surface area contributed by atoms with Gasteiger partial charge in [0, 0.05) is 35.5 Å². The average Bonchev–Trinajstić information content (AvgIpc) is 4.11. The van der Waals surface area contributed by atoms with E-state index in [0.29, 0.717) is 29.5 Å². The third-order valence-corrected chi connectivity index (χ3v) is 19.2. The van der Waals surface area contributed by atoms with Crippen molar-refractivity contribution in [2.75, 3.05) is 11.4 Å². The van der Waals surface area contributed by atoms with Gasteiger partial charge in [0.05, 0.1) is 0 Å². The molecule has 1 fully saturated rings. The van der Waals surface area contributed by atoms with Gasteiger partial charge in [0.2, 0.25) is 0 Å². The van der Waals surface area contributed by atoms with Crippen LogP contribution in [0.4, 0.5) is 5.69 Å². The maximum Gasteiger partial charge on any atom is 0.115 e. The first kappa shape index (κ1) is 30.6. The van der Waals surface area contributed by atoms with Crippen LogP contribution in [0, 0.1) is 11.8 Å². The van der Waals surface area contributed by atoms with Crippen molar-refractivity contribution in [3.05, 3.63) is 87.6 Å². The molecule has 2 nitrogen and oxygen atoms in total. The van der Waals surface area contributed by atoms with Crippen LogP contribution >= 0.6 is 0 Å². The summed E-state index contributed by atoms with van der Waals surface area (Å²) in [4.78, 5) is 2.89. The van der Waals surface area contributed by atoms with Gasteiger partial charge in [-0.3, -0.25) is 0 Å².